The Kier molecular flexibility index (Phi) is 5.92. The van der Waals surface area contributed by atoms with Crippen LogP contribution in [0.4, 0.5) is 0 Å². The van der Waals surface area contributed by atoms with Gasteiger partial charge in [-0.25, -0.2) is 0 Å². The number of thioether (sulfide) groups is 1. The van der Waals surface area contributed by atoms with Crippen molar-refractivity contribution in [3.63, 3.8) is 0 Å². The fourth-order valence-corrected chi connectivity index (χ4v) is 4.13. The highest BCUT2D eigenvalue weighted by Gasteiger charge is 2.32. The summed E-state index contributed by atoms with van der Waals surface area (Å²) >= 11 is 4.97. The van der Waals surface area contributed by atoms with Crippen LogP contribution in [0.5, 0.6) is 0 Å². The topological polar surface area (TPSA) is 57.6 Å². The van der Waals surface area contributed by atoms with Crippen LogP contribution in [0.25, 0.3) is 0 Å². The molecule has 0 saturated carbocycles. The van der Waals surface area contributed by atoms with Gasteiger partial charge in [-0.15, -0.1) is 11.8 Å². The Labute approximate surface area is 143 Å². The quantitative estimate of drug-likeness (QED) is 0.806. The highest BCUT2D eigenvalue weighted by Crippen LogP contribution is 2.27. The van der Waals surface area contributed by atoms with Crippen LogP contribution in [0.3, 0.4) is 0 Å². The molecule has 0 bridgehead atoms. The average Bonchev–Trinajstić information content (AvgIpc) is 2.45. The molecule has 0 aromatic heterocycles. The molecule has 22 heavy (non-hydrogen) atoms. The van der Waals surface area contributed by atoms with Crippen molar-refractivity contribution in [3.8, 4) is 0 Å². The molecule has 1 saturated heterocycles. The predicted molar refractivity (Wildman–Crippen MR) is 91.1 cm³/mol. The third-order valence-corrected chi connectivity index (χ3v) is 5.72. The minimum atomic E-state index is -0.750. The molecule has 1 heterocycles. The van der Waals surface area contributed by atoms with Gasteiger partial charge in [0.1, 0.15) is 0 Å². The molecule has 0 aliphatic carbocycles. The van der Waals surface area contributed by atoms with Crippen LogP contribution in [0.2, 0.25) is 0 Å². The summed E-state index contributed by atoms with van der Waals surface area (Å²) in [4.78, 5) is 26.3. The van der Waals surface area contributed by atoms with Gasteiger partial charge in [-0.05, 0) is 43.0 Å². The van der Waals surface area contributed by atoms with Gasteiger partial charge in [0.15, 0.2) is 0 Å². The van der Waals surface area contributed by atoms with E-state index in [1.165, 1.54) is 11.8 Å². The summed E-state index contributed by atoms with van der Waals surface area (Å²) in [7, 11) is 0. The van der Waals surface area contributed by atoms with Gasteiger partial charge < -0.3 is 10.0 Å². The van der Waals surface area contributed by atoms with Gasteiger partial charge in [0.05, 0.1) is 11.7 Å². The normalized spacial score (nSPS) is 21.7. The Morgan fingerprint density at radius 3 is 2.77 bits per heavy atom. The molecule has 1 N–H and O–H groups in total. The van der Waals surface area contributed by atoms with E-state index in [0.717, 1.165) is 14.9 Å². The van der Waals surface area contributed by atoms with Crippen molar-refractivity contribution in [1.82, 2.24) is 4.90 Å². The van der Waals surface area contributed by atoms with Crippen LogP contribution < -0.4 is 0 Å². The zero-order valence-corrected chi connectivity index (χ0v) is 15.1. The Balaban J connectivity index is 1.89. The van der Waals surface area contributed by atoms with Crippen LogP contribution in [0, 0.1) is 18.8 Å². The molecular weight excluding hydrogens is 366 g/mol. The largest absolute Gasteiger partial charge is 0.481 e. The number of halogens is 1. The molecule has 0 spiro atoms. The van der Waals surface area contributed by atoms with E-state index in [1.54, 1.807) is 4.90 Å². The number of amides is 1. The van der Waals surface area contributed by atoms with Gasteiger partial charge in [0.2, 0.25) is 5.91 Å². The summed E-state index contributed by atoms with van der Waals surface area (Å²) in [6, 6.07) is 6.02. The maximum Gasteiger partial charge on any atom is 0.306 e. The van der Waals surface area contributed by atoms with E-state index in [9.17, 15) is 9.59 Å². The van der Waals surface area contributed by atoms with E-state index in [2.05, 4.69) is 15.9 Å². The summed E-state index contributed by atoms with van der Waals surface area (Å²) in [5.74, 6) is -0.588. The van der Waals surface area contributed by atoms with E-state index in [1.807, 2.05) is 32.0 Å². The number of carboxylic acids is 1. The van der Waals surface area contributed by atoms with Crippen LogP contribution in [0.15, 0.2) is 27.6 Å². The molecule has 2 atom stereocenters. The SMILES string of the molecule is Cc1cc(Br)ccc1SCC(=O)N1CCC(C(=O)O)C(C)C1. The maximum atomic E-state index is 12.3. The zero-order chi connectivity index (χ0) is 16.3. The first-order valence-electron chi connectivity index (χ1n) is 7.28. The standard InChI is InChI=1S/C16H20BrNO3S/c1-10-7-12(17)3-4-14(10)22-9-15(19)18-6-5-13(16(20)21)11(2)8-18/h3-4,7,11,13H,5-6,8-9H2,1-2H3,(H,20,21). The van der Waals surface area contributed by atoms with Crippen molar-refractivity contribution in [2.45, 2.75) is 25.2 Å². The van der Waals surface area contributed by atoms with E-state index < -0.39 is 5.97 Å². The lowest BCUT2D eigenvalue weighted by molar-refractivity contribution is -0.147. The molecule has 1 aromatic carbocycles. The highest BCUT2D eigenvalue weighted by molar-refractivity contribution is 9.10. The van der Waals surface area contributed by atoms with E-state index >= 15 is 0 Å². The molecule has 2 rings (SSSR count). The molecule has 1 fully saturated rings. The van der Waals surface area contributed by atoms with Gasteiger partial charge in [-0.2, -0.15) is 0 Å². The number of piperidine rings is 1. The molecule has 1 aliphatic heterocycles. The fraction of sp³-hybridized carbons (Fsp3) is 0.500. The molecule has 1 aromatic rings. The number of carbonyl (C=O) groups excluding carboxylic acids is 1. The second-order valence-corrected chi connectivity index (χ2v) is 7.68. The Bertz CT molecular complexity index is 579. The van der Waals surface area contributed by atoms with E-state index in [-0.39, 0.29) is 17.7 Å². The Morgan fingerprint density at radius 2 is 2.18 bits per heavy atom. The molecule has 2 unspecified atom stereocenters. The maximum absolute atomic E-state index is 12.3. The molecule has 6 heteroatoms. The summed E-state index contributed by atoms with van der Waals surface area (Å²) in [6.07, 6.45) is 0.546. The third-order valence-electron chi connectivity index (χ3n) is 4.06. The second-order valence-electron chi connectivity index (χ2n) is 5.75. The van der Waals surface area contributed by atoms with E-state index in [0.29, 0.717) is 25.3 Å². The molecule has 4 nitrogen and oxygen atoms in total. The number of hydrogen-bond donors (Lipinski definition) is 1. The summed E-state index contributed by atoms with van der Waals surface area (Å²) < 4.78 is 1.03. The lowest BCUT2D eigenvalue weighted by Crippen LogP contribution is -2.45. The first kappa shape index (κ1) is 17.3. The monoisotopic (exact) mass is 385 g/mol. The average molecular weight is 386 g/mol. The van der Waals surface area contributed by atoms with Crippen LogP contribution in [-0.2, 0) is 9.59 Å². The van der Waals surface area contributed by atoms with Crippen molar-refractivity contribution < 1.29 is 14.7 Å². The first-order valence-corrected chi connectivity index (χ1v) is 9.06. The number of benzene rings is 1. The molecule has 1 amide bonds. The lowest BCUT2D eigenvalue weighted by atomic mass is 9.87. The number of carboxylic acid groups (broad SMARTS) is 1. The molecule has 0 radical (unpaired) electrons. The zero-order valence-electron chi connectivity index (χ0n) is 12.7. The number of nitrogens with zero attached hydrogens (tertiary/aromatic N) is 1. The van der Waals surface area contributed by atoms with Crippen molar-refractivity contribution in [2.24, 2.45) is 11.8 Å². The number of aryl methyl sites for hydroxylation is 1. The van der Waals surface area contributed by atoms with Gasteiger partial charge >= 0.3 is 5.97 Å². The Morgan fingerprint density at radius 1 is 1.45 bits per heavy atom. The van der Waals surface area contributed by atoms with Crippen LogP contribution in [-0.4, -0.2) is 40.7 Å². The highest BCUT2D eigenvalue weighted by atomic mass is 79.9. The van der Waals surface area contributed by atoms with Crippen molar-refractivity contribution in [3.05, 3.63) is 28.2 Å². The van der Waals surface area contributed by atoms with Crippen LogP contribution in [0.1, 0.15) is 18.9 Å². The van der Waals surface area contributed by atoms with Crippen molar-refractivity contribution >= 4 is 39.6 Å². The molecule has 120 valence electrons. The van der Waals surface area contributed by atoms with Gasteiger partial charge in [-0.3, -0.25) is 9.59 Å². The second kappa shape index (κ2) is 7.51. The van der Waals surface area contributed by atoms with Crippen LogP contribution >= 0.6 is 27.7 Å². The van der Waals surface area contributed by atoms with Crippen molar-refractivity contribution in [1.29, 1.82) is 0 Å². The third kappa shape index (κ3) is 4.26. The minimum absolute atomic E-state index is 0.00890. The first-order chi connectivity index (χ1) is 10.4. The van der Waals surface area contributed by atoms with Gasteiger partial charge in [0, 0.05) is 22.5 Å². The number of rotatable bonds is 4. The summed E-state index contributed by atoms with van der Waals surface area (Å²) in [6.45, 7) is 5.01. The number of carbonyl (C=O) groups is 2. The number of likely N-dealkylation sites (tertiary alicyclic amines) is 1. The number of aliphatic carboxylic acids is 1. The van der Waals surface area contributed by atoms with E-state index in [4.69, 9.17) is 5.11 Å². The predicted octanol–water partition coefficient (Wildman–Crippen LogP) is 3.42. The fourth-order valence-electron chi connectivity index (χ4n) is 2.74. The van der Waals surface area contributed by atoms with Gasteiger partial charge in [0.25, 0.3) is 0 Å². The van der Waals surface area contributed by atoms with Gasteiger partial charge in [-0.1, -0.05) is 22.9 Å². The summed E-state index contributed by atoms with van der Waals surface area (Å²) in [5.41, 5.74) is 1.14. The minimum Gasteiger partial charge on any atom is -0.481 e. The smallest absolute Gasteiger partial charge is 0.306 e. The summed E-state index contributed by atoms with van der Waals surface area (Å²) in [5, 5.41) is 9.13. The van der Waals surface area contributed by atoms with Crippen molar-refractivity contribution in [2.75, 3.05) is 18.8 Å². The molecular formula is C16H20BrNO3S. The number of hydrogen-bond acceptors (Lipinski definition) is 3. The Hall–Kier alpha value is -1.01. The lowest BCUT2D eigenvalue weighted by Gasteiger charge is -2.35. The molecule has 1 aliphatic rings.